The summed E-state index contributed by atoms with van der Waals surface area (Å²) >= 11 is 1.65. The number of fused-ring (bicyclic) bond motifs is 3. The van der Waals surface area contributed by atoms with Crippen molar-refractivity contribution in [3.05, 3.63) is 47.5 Å². The number of carbonyl (C=O) groups excluding carboxylic acids is 1. The molecule has 0 saturated carbocycles. The predicted molar refractivity (Wildman–Crippen MR) is 89.9 cm³/mol. The van der Waals surface area contributed by atoms with E-state index >= 15 is 0 Å². The van der Waals surface area contributed by atoms with Crippen LogP contribution >= 0.6 is 11.3 Å². The molecule has 24 heavy (non-hydrogen) atoms. The standard InChI is InChI=1S/C17H14N2O4S/c1-23-19-14(9-16(20)21)13-8-11-7-10(15-3-2-6-24-15)4-5-12(11)18(13)17(19)22/h2-8,14H,9H2,1H3,(H,20,21). The Labute approximate surface area is 141 Å². The van der Waals surface area contributed by atoms with E-state index in [1.54, 1.807) is 11.3 Å². The maximum atomic E-state index is 12.6. The molecule has 122 valence electrons. The molecule has 1 unspecified atom stereocenters. The lowest BCUT2D eigenvalue weighted by molar-refractivity contribution is -0.146. The molecule has 1 aliphatic heterocycles. The molecule has 0 spiro atoms. The third-order valence-corrected chi connectivity index (χ3v) is 5.12. The van der Waals surface area contributed by atoms with Gasteiger partial charge < -0.3 is 5.11 Å². The molecule has 1 atom stereocenters. The summed E-state index contributed by atoms with van der Waals surface area (Å²) in [5.41, 5.74) is 2.47. The molecule has 3 heterocycles. The second-order valence-electron chi connectivity index (χ2n) is 5.56. The van der Waals surface area contributed by atoms with E-state index in [2.05, 4.69) is 0 Å². The molecule has 0 fully saturated rings. The summed E-state index contributed by atoms with van der Waals surface area (Å²) in [4.78, 5) is 30.0. The van der Waals surface area contributed by atoms with Crippen molar-refractivity contribution in [1.82, 2.24) is 9.63 Å². The van der Waals surface area contributed by atoms with Crippen LogP contribution in [0.1, 0.15) is 18.2 Å². The number of aliphatic carboxylic acids is 1. The average molecular weight is 342 g/mol. The van der Waals surface area contributed by atoms with Crippen molar-refractivity contribution in [3.63, 3.8) is 0 Å². The summed E-state index contributed by atoms with van der Waals surface area (Å²) in [6, 6.07) is 10.8. The topological polar surface area (TPSA) is 71.8 Å². The van der Waals surface area contributed by atoms with Gasteiger partial charge in [-0.2, -0.15) is 5.06 Å². The van der Waals surface area contributed by atoms with Gasteiger partial charge in [-0.15, -0.1) is 11.3 Å². The fraction of sp³-hybridized carbons (Fsp3) is 0.176. The normalized spacial score (nSPS) is 16.8. The van der Waals surface area contributed by atoms with Crippen molar-refractivity contribution in [2.24, 2.45) is 0 Å². The van der Waals surface area contributed by atoms with Gasteiger partial charge in [0.05, 0.1) is 24.7 Å². The third kappa shape index (κ3) is 2.13. The second kappa shape index (κ2) is 5.47. The minimum absolute atomic E-state index is 0.201. The number of benzene rings is 1. The first kappa shape index (κ1) is 14.9. The highest BCUT2D eigenvalue weighted by Gasteiger charge is 2.40. The van der Waals surface area contributed by atoms with Crippen LogP contribution in [0.4, 0.5) is 4.79 Å². The quantitative estimate of drug-likeness (QED) is 0.784. The molecule has 1 aromatic carbocycles. The molecule has 4 rings (SSSR count). The Hall–Kier alpha value is -2.64. The van der Waals surface area contributed by atoms with E-state index in [4.69, 9.17) is 9.94 Å². The summed E-state index contributed by atoms with van der Waals surface area (Å²) in [5, 5.41) is 13.2. The fourth-order valence-corrected chi connectivity index (χ4v) is 3.93. The molecule has 1 amide bonds. The van der Waals surface area contributed by atoms with Crippen molar-refractivity contribution >= 4 is 34.2 Å². The Bertz CT molecular complexity index is 945. The van der Waals surface area contributed by atoms with Crippen LogP contribution in [-0.2, 0) is 9.63 Å². The number of hydroxylamine groups is 2. The molecular formula is C17H14N2O4S. The lowest BCUT2D eigenvalue weighted by Crippen LogP contribution is -2.29. The number of amides is 1. The van der Waals surface area contributed by atoms with Gasteiger partial charge in [0.1, 0.15) is 6.04 Å². The van der Waals surface area contributed by atoms with E-state index in [0.717, 1.165) is 26.4 Å². The molecule has 1 N–H and O–H groups in total. The van der Waals surface area contributed by atoms with Gasteiger partial charge >= 0.3 is 12.0 Å². The van der Waals surface area contributed by atoms with Crippen molar-refractivity contribution < 1.29 is 19.5 Å². The molecule has 6 nitrogen and oxygen atoms in total. The Morgan fingerprint density at radius 2 is 2.17 bits per heavy atom. The number of thiophene rings is 1. The fourth-order valence-electron chi connectivity index (χ4n) is 3.20. The van der Waals surface area contributed by atoms with Gasteiger partial charge in [-0.1, -0.05) is 12.1 Å². The van der Waals surface area contributed by atoms with E-state index in [-0.39, 0.29) is 12.5 Å². The van der Waals surface area contributed by atoms with Crippen LogP contribution in [0.2, 0.25) is 0 Å². The molecule has 2 aromatic heterocycles. The molecule has 0 aliphatic carbocycles. The van der Waals surface area contributed by atoms with E-state index in [1.807, 2.05) is 41.8 Å². The Morgan fingerprint density at radius 3 is 2.83 bits per heavy atom. The number of aromatic nitrogens is 1. The van der Waals surface area contributed by atoms with E-state index < -0.39 is 12.0 Å². The number of hydrogen-bond acceptors (Lipinski definition) is 4. The first-order valence-corrected chi connectivity index (χ1v) is 8.27. The van der Waals surface area contributed by atoms with Crippen molar-refractivity contribution in [3.8, 4) is 10.4 Å². The summed E-state index contributed by atoms with van der Waals surface area (Å²) in [6.45, 7) is 0. The van der Waals surface area contributed by atoms with Crippen LogP contribution in [0.25, 0.3) is 21.3 Å². The molecule has 0 radical (unpaired) electrons. The number of hydrogen-bond donors (Lipinski definition) is 1. The van der Waals surface area contributed by atoms with Gasteiger partial charge in [0.2, 0.25) is 0 Å². The zero-order valence-corrected chi connectivity index (χ0v) is 13.6. The smallest absolute Gasteiger partial charge is 0.353 e. The van der Waals surface area contributed by atoms with Crippen LogP contribution in [0.15, 0.2) is 41.8 Å². The highest BCUT2D eigenvalue weighted by Crippen LogP contribution is 2.38. The van der Waals surface area contributed by atoms with Gasteiger partial charge in [-0.05, 0) is 35.2 Å². The third-order valence-electron chi connectivity index (χ3n) is 4.20. The first-order chi connectivity index (χ1) is 11.6. The molecule has 1 aliphatic rings. The van der Waals surface area contributed by atoms with Gasteiger partial charge in [0.25, 0.3) is 0 Å². The highest BCUT2D eigenvalue weighted by atomic mass is 32.1. The Balaban J connectivity index is 1.86. The monoisotopic (exact) mass is 342 g/mol. The molecule has 7 heteroatoms. The summed E-state index contributed by atoms with van der Waals surface area (Å²) in [5.74, 6) is -0.979. The van der Waals surface area contributed by atoms with E-state index in [1.165, 1.54) is 11.7 Å². The largest absolute Gasteiger partial charge is 0.481 e. The van der Waals surface area contributed by atoms with E-state index in [0.29, 0.717) is 5.69 Å². The van der Waals surface area contributed by atoms with Crippen LogP contribution in [0.5, 0.6) is 0 Å². The zero-order chi connectivity index (χ0) is 16.8. The first-order valence-electron chi connectivity index (χ1n) is 7.39. The van der Waals surface area contributed by atoms with Crippen LogP contribution in [0.3, 0.4) is 0 Å². The SMILES string of the molecule is CON1C(=O)n2c(cc3cc(-c4cccs4)ccc32)C1CC(=O)O. The van der Waals surface area contributed by atoms with E-state index in [9.17, 15) is 9.59 Å². The number of carboxylic acid groups (broad SMARTS) is 1. The molecule has 0 saturated heterocycles. The van der Waals surface area contributed by atoms with Gasteiger partial charge in [-0.25, -0.2) is 4.79 Å². The highest BCUT2D eigenvalue weighted by molar-refractivity contribution is 7.13. The summed E-state index contributed by atoms with van der Waals surface area (Å²) in [7, 11) is 1.37. The number of rotatable bonds is 4. The average Bonchev–Trinajstić information content (AvgIpc) is 3.24. The maximum Gasteiger partial charge on any atom is 0.353 e. The van der Waals surface area contributed by atoms with Gasteiger partial charge in [0.15, 0.2) is 0 Å². The summed E-state index contributed by atoms with van der Waals surface area (Å²) < 4.78 is 1.53. The lowest BCUT2D eigenvalue weighted by atomic mass is 10.1. The Kier molecular flexibility index (Phi) is 3.40. The zero-order valence-electron chi connectivity index (χ0n) is 12.8. The van der Waals surface area contributed by atoms with Gasteiger partial charge in [0, 0.05) is 10.3 Å². The van der Waals surface area contributed by atoms with Crippen molar-refractivity contribution in [2.45, 2.75) is 12.5 Å². The predicted octanol–water partition coefficient (Wildman–Crippen LogP) is 3.73. The van der Waals surface area contributed by atoms with Crippen LogP contribution in [0, 0.1) is 0 Å². The van der Waals surface area contributed by atoms with Gasteiger partial charge in [-0.3, -0.25) is 14.2 Å². The number of carboxylic acids is 1. The number of carbonyl (C=O) groups is 2. The Morgan fingerprint density at radius 1 is 1.33 bits per heavy atom. The second-order valence-corrected chi connectivity index (χ2v) is 6.51. The summed E-state index contributed by atoms with van der Waals surface area (Å²) in [6.07, 6.45) is -0.201. The van der Waals surface area contributed by atoms with Crippen molar-refractivity contribution in [1.29, 1.82) is 0 Å². The molecule has 0 bridgehead atoms. The minimum atomic E-state index is -0.979. The number of nitrogens with zero attached hydrogens (tertiary/aromatic N) is 2. The molecular weight excluding hydrogens is 328 g/mol. The van der Waals surface area contributed by atoms with Crippen molar-refractivity contribution in [2.75, 3.05) is 7.11 Å². The van der Waals surface area contributed by atoms with Crippen LogP contribution < -0.4 is 0 Å². The lowest BCUT2D eigenvalue weighted by Gasteiger charge is -2.19. The minimum Gasteiger partial charge on any atom is -0.481 e. The maximum absolute atomic E-state index is 12.6. The molecule has 3 aromatic rings. The van der Waals surface area contributed by atoms with Crippen LogP contribution in [-0.4, -0.2) is 33.8 Å².